The average Bonchev–Trinajstić information content (AvgIpc) is 2.37. The van der Waals surface area contributed by atoms with E-state index >= 15 is 0 Å². The van der Waals surface area contributed by atoms with Gasteiger partial charge in [0.05, 0.1) is 18.7 Å². The molecule has 0 spiro atoms. The Morgan fingerprint density at radius 3 is 2.91 bits per heavy atom. The van der Waals surface area contributed by atoms with Gasteiger partial charge in [-0.3, -0.25) is 0 Å². The lowest BCUT2D eigenvalue weighted by molar-refractivity contribution is 0.0565. The van der Waals surface area contributed by atoms with E-state index in [2.05, 4.69) is 5.10 Å². The molecule has 0 aliphatic rings. The number of alkyl halides is 2. The number of hydrogen-bond donors (Lipinski definition) is 0. The van der Waals surface area contributed by atoms with Crippen molar-refractivity contribution in [3.8, 4) is 6.07 Å². The summed E-state index contributed by atoms with van der Waals surface area (Å²) < 4.78 is 24.2. The van der Waals surface area contributed by atoms with Gasteiger partial charge in [0.2, 0.25) is 0 Å². The number of nitriles is 1. The lowest BCUT2D eigenvalue weighted by Gasteiger charge is -1.94. The van der Waals surface area contributed by atoms with Gasteiger partial charge in [-0.25, -0.2) is 4.68 Å². The number of halogens is 2. The van der Waals surface area contributed by atoms with E-state index in [1.807, 2.05) is 6.07 Å². The molecule has 3 nitrogen and oxygen atoms in total. The molecule has 0 saturated carbocycles. The van der Waals surface area contributed by atoms with Gasteiger partial charge in [0.15, 0.2) is 0 Å². The van der Waals surface area contributed by atoms with E-state index in [0.29, 0.717) is 10.2 Å². The van der Waals surface area contributed by atoms with Gasteiger partial charge in [-0.1, -0.05) is 0 Å². The molecule has 1 heterocycles. The predicted molar refractivity (Wildman–Crippen MR) is 32.8 cm³/mol. The van der Waals surface area contributed by atoms with Crippen LogP contribution in [0.3, 0.4) is 0 Å². The van der Waals surface area contributed by atoms with Gasteiger partial charge >= 0.3 is 6.55 Å². The molecule has 58 valence electrons. The molecule has 0 N–H and O–H groups in total. The van der Waals surface area contributed by atoms with E-state index in [4.69, 9.17) is 5.26 Å². The topological polar surface area (TPSA) is 41.6 Å². The maximum Gasteiger partial charge on any atom is 0.333 e. The summed E-state index contributed by atoms with van der Waals surface area (Å²) in [4.78, 5) is 0. The van der Waals surface area contributed by atoms with Gasteiger partial charge in [-0.15, -0.1) is 0 Å². The fourth-order valence-electron chi connectivity index (χ4n) is 0.667. The summed E-state index contributed by atoms with van der Waals surface area (Å²) in [5, 5.41) is 11.5. The van der Waals surface area contributed by atoms with Crippen LogP contribution >= 0.6 is 0 Å². The van der Waals surface area contributed by atoms with Crippen molar-refractivity contribution in [3.05, 3.63) is 18.0 Å². The third-order valence-electron chi connectivity index (χ3n) is 1.14. The zero-order chi connectivity index (χ0) is 8.27. The van der Waals surface area contributed by atoms with Crippen LogP contribution in [0.25, 0.3) is 0 Å². The first kappa shape index (κ1) is 7.66. The minimum atomic E-state index is -2.62. The molecule has 1 aromatic rings. The van der Waals surface area contributed by atoms with Crippen molar-refractivity contribution in [1.82, 2.24) is 9.78 Å². The van der Waals surface area contributed by atoms with Crippen molar-refractivity contribution in [2.45, 2.75) is 13.0 Å². The van der Waals surface area contributed by atoms with E-state index in [1.165, 1.54) is 6.20 Å². The van der Waals surface area contributed by atoms with E-state index in [0.717, 1.165) is 6.20 Å². The summed E-state index contributed by atoms with van der Waals surface area (Å²) in [5.41, 5.74) is 0.507. The number of hydrogen-bond acceptors (Lipinski definition) is 2. The second-order valence-electron chi connectivity index (χ2n) is 1.94. The van der Waals surface area contributed by atoms with Gasteiger partial charge in [0.25, 0.3) is 0 Å². The zero-order valence-electron chi connectivity index (χ0n) is 5.54. The van der Waals surface area contributed by atoms with Crippen molar-refractivity contribution >= 4 is 0 Å². The van der Waals surface area contributed by atoms with Crippen molar-refractivity contribution in [3.63, 3.8) is 0 Å². The SMILES string of the molecule is N#CCc1cnn(C(F)F)c1. The molecule has 0 saturated heterocycles. The third-order valence-corrected chi connectivity index (χ3v) is 1.14. The van der Waals surface area contributed by atoms with Crippen molar-refractivity contribution < 1.29 is 8.78 Å². The zero-order valence-corrected chi connectivity index (χ0v) is 5.54. The molecule has 0 aliphatic heterocycles. The fourth-order valence-corrected chi connectivity index (χ4v) is 0.667. The second-order valence-corrected chi connectivity index (χ2v) is 1.94. The first-order valence-electron chi connectivity index (χ1n) is 2.92. The molecular weight excluding hydrogens is 152 g/mol. The first-order valence-corrected chi connectivity index (χ1v) is 2.92. The highest BCUT2D eigenvalue weighted by Gasteiger charge is 2.06. The fraction of sp³-hybridized carbons (Fsp3) is 0.333. The van der Waals surface area contributed by atoms with Gasteiger partial charge in [-0.2, -0.15) is 19.1 Å². The van der Waals surface area contributed by atoms with Crippen molar-refractivity contribution in [2.75, 3.05) is 0 Å². The Balaban J connectivity index is 2.75. The minimum Gasteiger partial charge on any atom is -0.211 e. The number of rotatable bonds is 2. The Morgan fingerprint density at radius 1 is 1.73 bits per heavy atom. The Hall–Kier alpha value is -1.44. The molecular formula is C6H5F2N3. The summed E-state index contributed by atoms with van der Waals surface area (Å²) in [7, 11) is 0. The Kier molecular flexibility index (Phi) is 2.16. The summed E-state index contributed by atoms with van der Waals surface area (Å²) in [5.74, 6) is 0. The molecule has 0 amide bonds. The van der Waals surface area contributed by atoms with Crippen LogP contribution in [0.15, 0.2) is 12.4 Å². The van der Waals surface area contributed by atoms with Crippen LogP contribution in [0.5, 0.6) is 0 Å². The molecule has 0 bridgehead atoms. The highest BCUT2D eigenvalue weighted by molar-refractivity contribution is 5.09. The minimum absolute atomic E-state index is 0.118. The molecule has 1 rings (SSSR count). The molecule has 0 atom stereocenters. The standard InChI is InChI=1S/C6H5F2N3/c7-6(8)11-4-5(1-2-9)3-10-11/h3-4,6H,1H2. The highest BCUT2D eigenvalue weighted by atomic mass is 19.3. The van der Waals surface area contributed by atoms with Gasteiger partial charge in [-0.05, 0) is 0 Å². The summed E-state index contributed by atoms with van der Waals surface area (Å²) in [6.07, 6.45) is 2.54. The normalized spacial score (nSPS) is 10.0. The maximum atomic E-state index is 11.8. The Labute approximate surface area is 61.9 Å². The monoisotopic (exact) mass is 157 g/mol. The smallest absolute Gasteiger partial charge is 0.211 e. The van der Waals surface area contributed by atoms with E-state index < -0.39 is 6.55 Å². The van der Waals surface area contributed by atoms with Crippen molar-refractivity contribution in [2.24, 2.45) is 0 Å². The van der Waals surface area contributed by atoms with Crippen LogP contribution < -0.4 is 0 Å². The van der Waals surface area contributed by atoms with Crippen LogP contribution in [0.2, 0.25) is 0 Å². The predicted octanol–water partition coefficient (Wildman–Crippen LogP) is 1.34. The number of aromatic nitrogens is 2. The van der Waals surface area contributed by atoms with E-state index in [9.17, 15) is 8.78 Å². The van der Waals surface area contributed by atoms with E-state index in [-0.39, 0.29) is 6.42 Å². The highest BCUT2D eigenvalue weighted by Crippen LogP contribution is 2.09. The summed E-state index contributed by atoms with van der Waals surface area (Å²) in [6, 6.07) is 1.84. The van der Waals surface area contributed by atoms with Crippen LogP contribution in [-0.4, -0.2) is 9.78 Å². The van der Waals surface area contributed by atoms with Crippen molar-refractivity contribution in [1.29, 1.82) is 5.26 Å². The lowest BCUT2D eigenvalue weighted by atomic mass is 10.3. The van der Waals surface area contributed by atoms with E-state index in [1.54, 1.807) is 0 Å². The summed E-state index contributed by atoms with van der Waals surface area (Å²) in [6.45, 7) is -2.62. The molecule has 5 heteroatoms. The molecule has 1 aromatic heterocycles. The van der Waals surface area contributed by atoms with Crippen LogP contribution in [0, 0.1) is 11.3 Å². The molecule has 0 fully saturated rings. The van der Waals surface area contributed by atoms with Gasteiger partial charge in [0.1, 0.15) is 0 Å². The maximum absolute atomic E-state index is 11.8. The molecule has 0 aliphatic carbocycles. The number of nitrogens with zero attached hydrogens (tertiary/aromatic N) is 3. The van der Waals surface area contributed by atoms with Gasteiger partial charge < -0.3 is 0 Å². The quantitative estimate of drug-likeness (QED) is 0.650. The molecule has 0 aromatic carbocycles. The van der Waals surface area contributed by atoms with Gasteiger partial charge in [0, 0.05) is 11.8 Å². The molecule has 0 unspecified atom stereocenters. The third kappa shape index (κ3) is 1.74. The largest absolute Gasteiger partial charge is 0.333 e. The summed E-state index contributed by atoms with van der Waals surface area (Å²) >= 11 is 0. The Morgan fingerprint density at radius 2 is 2.45 bits per heavy atom. The lowest BCUT2D eigenvalue weighted by Crippen LogP contribution is -1.96. The second kappa shape index (κ2) is 3.10. The first-order chi connectivity index (χ1) is 5.24. The van der Waals surface area contributed by atoms with Crippen LogP contribution in [0.4, 0.5) is 8.78 Å². The average molecular weight is 157 g/mol. The molecule has 11 heavy (non-hydrogen) atoms. The molecule has 0 radical (unpaired) electrons. The van der Waals surface area contributed by atoms with Crippen LogP contribution in [0.1, 0.15) is 12.1 Å². The van der Waals surface area contributed by atoms with Crippen LogP contribution in [-0.2, 0) is 6.42 Å². The Bertz CT molecular complexity index is 274.